The maximum Gasteiger partial charge on any atom is 0.247 e. The number of carbonyl (C=O) groups is 1. The molecule has 0 unspecified atom stereocenters. The fraction of sp³-hybridized carbons (Fsp3) is 0.240. The average molecular weight is 469 g/mol. The van der Waals surface area contributed by atoms with Gasteiger partial charge in [0.2, 0.25) is 15.9 Å². The number of benzene rings is 3. The summed E-state index contributed by atoms with van der Waals surface area (Å²) < 4.78 is 38.0. The van der Waals surface area contributed by atoms with E-state index in [9.17, 15) is 13.2 Å². The average Bonchev–Trinajstić information content (AvgIpc) is 2.84. The monoisotopic (exact) mass is 468 g/mol. The van der Waals surface area contributed by atoms with Crippen LogP contribution in [0.5, 0.6) is 11.5 Å². The van der Waals surface area contributed by atoms with Crippen molar-refractivity contribution >= 4 is 15.9 Å². The number of hydrogen-bond acceptors (Lipinski definition) is 5. The Morgan fingerprint density at radius 1 is 0.818 bits per heavy atom. The van der Waals surface area contributed by atoms with Gasteiger partial charge < -0.3 is 14.4 Å². The quantitative estimate of drug-likeness (QED) is 0.455. The molecule has 0 radical (unpaired) electrons. The number of ether oxygens (including phenoxy) is 2. The number of methoxy groups -OCH3 is 2. The Balaban J connectivity index is 1.84. The molecular formula is C25H28N2O5S. The third kappa shape index (κ3) is 6.12. The molecule has 3 aromatic carbocycles. The van der Waals surface area contributed by atoms with Gasteiger partial charge in [-0.15, -0.1) is 0 Å². The lowest BCUT2D eigenvalue weighted by atomic mass is 10.1. The summed E-state index contributed by atoms with van der Waals surface area (Å²) in [4.78, 5) is 14.9. The van der Waals surface area contributed by atoms with Crippen LogP contribution in [0.4, 0.5) is 0 Å². The Morgan fingerprint density at radius 3 is 1.85 bits per heavy atom. The molecule has 0 spiro atoms. The van der Waals surface area contributed by atoms with Crippen LogP contribution in [0.1, 0.15) is 11.1 Å². The first-order valence-electron chi connectivity index (χ1n) is 10.4. The van der Waals surface area contributed by atoms with Gasteiger partial charge in [0.05, 0.1) is 20.8 Å². The predicted molar refractivity (Wildman–Crippen MR) is 126 cm³/mol. The molecule has 0 aliphatic heterocycles. The van der Waals surface area contributed by atoms with Gasteiger partial charge in [-0.2, -0.15) is 4.31 Å². The zero-order chi connectivity index (χ0) is 23.8. The lowest BCUT2D eigenvalue weighted by molar-refractivity contribution is -0.132. The van der Waals surface area contributed by atoms with Crippen molar-refractivity contribution in [1.82, 2.24) is 9.21 Å². The molecule has 0 heterocycles. The Hall–Kier alpha value is -3.36. The lowest BCUT2D eigenvalue weighted by Crippen LogP contribution is -2.40. The van der Waals surface area contributed by atoms with Crippen LogP contribution in [0.3, 0.4) is 0 Å². The molecule has 33 heavy (non-hydrogen) atoms. The van der Waals surface area contributed by atoms with Gasteiger partial charge >= 0.3 is 0 Å². The maximum absolute atomic E-state index is 13.3. The number of carbonyl (C=O) groups excluding carboxylic acids is 1. The Morgan fingerprint density at radius 2 is 1.36 bits per heavy atom. The van der Waals surface area contributed by atoms with Crippen molar-refractivity contribution in [3.63, 3.8) is 0 Å². The van der Waals surface area contributed by atoms with Gasteiger partial charge in [-0.25, -0.2) is 8.42 Å². The van der Waals surface area contributed by atoms with Crippen LogP contribution in [0.15, 0.2) is 83.8 Å². The second-order valence-corrected chi connectivity index (χ2v) is 9.51. The van der Waals surface area contributed by atoms with Gasteiger partial charge in [0.25, 0.3) is 0 Å². The van der Waals surface area contributed by atoms with Gasteiger partial charge in [0.1, 0.15) is 16.4 Å². The van der Waals surface area contributed by atoms with Crippen molar-refractivity contribution < 1.29 is 22.7 Å². The molecule has 0 saturated heterocycles. The number of likely N-dealkylation sites (N-methyl/N-ethyl adjacent to an activating group) is 1. The van der Waals surface area contributed by atoms with Gasteiger partial charge in [0.15, 0.2) is 0 Å². The highest BCUT2D eigenvalue weighted by Crippen LogP contribution is 2.30. The van der Waals surface area contributed by atoms with Crippen molar-refractivity contribution in [3.8, 4) is 11.5 Å². The fourth-order valence-corrected chi connectivity index (χ4v) is 4.66. The number of sulfonamides is 1. The number of hydrogen-bond donors (Lipinski definition) is 0. The minimum Gasteiger partial charge on any atom is -0.497 e. The van der Waals surface area contributed by atoms with Crippen LogP contribution in [0.2, 0.25) is 0 Å². The van der Waals surface area contributed by atoms with E-state index in [1.807, 2.05) is 60.7 Å². The molecule has 3 aromatic rings. The summed E-state index contributed by atoms with van der Waals surface area (Å²) in [6.45, 7) is 0.415. The van der Waals surface area contributed by atoms with Crippen molar-refractivity contribution in [1.29, 1.82) is 0 Å². The zero-order valence-corrected chi connectivity index (χ0v) is 19.8. The van der Waals surface area contributed by atoms with Crippen LogP contribution in [0, 0.1) is 0 Å². The van der Waals surface area contributed by atoms with E-state index < -0.39 is 10.0 Å². The molecule has 0 fully saturated rings. The zero-order valence-electron chi connectivity index (χ0n) is 19.0. The maximum atomic E-state index is 13.3. The van der Waals surface area contributed by atoms with E-state index in [2.05, 4.69) is 0 Å². The molecule has 0 saturated carbocycles. The summed E-state index contributed by atoms with van der Waals surface area (Å²) in [5, 5.41) is 0. The molecule has 174 valence electrons. The summed E-state index contributed by atoms with van der Waals surface area (Å²) in [5.74, 6) is 0.250. The molecule has 7 nitrogen and oxygen atoms in total. The van der Waals surface area contributed by atoms with E-state index in [1.165, 1.54) is 33.4 Å². The van der Waals surface area contributed by atoms with Crippen molar-refractivity contribution in [2.24, 2.45) is 0 Å². The van der Waals surface area contributed by atoms with Crippen LogP contribution in [-0.4, -0.2) is 51.3 Å². The molecule has 0 aromatic heterocycles. The molecular weight excluding hydrogens is 440 g/mol. The molecule has 8 heteroatoms. The van der Waals surface area contributed by atoms with E-state index in [4.69, 9.17) is 9.47 Å². The molecule has 3 rings (SSSR count). The van der Waals surface area contributed by atoms with Crippen LogP contribution < -0.4 is 9.47 Å². The Kier molecular flexibility index (Phi) is 8.08. The summed E-state index contributed by atoms with van der Waals surface area (Å²) in [6, 6.07) is 23.7. The minimum atomic E-state index is -4.01. The topological polar surface area (TPSA) is 76.1 Å². The summed E-state index contributed by atoms with van der Waals surface area (Å²) in [7, 11) is 0.228. The van der Waals surface area contributed by atoms with Gasteiger partial charge in [0, 0.05) is 26.2 Å². The van der Waals surface area contributed by atoms with Crippen molar-refractivity contribution in [3.05, 3.63) is 90.0 Å². The first-order valence-corrected chi connectivity index (χ1v) is 11.8. The fourth-order valence-electron chi connectivity index (χ4n) is 3.37. The van der Waals surface area contributed by atoms with Crippen LogP contribution >= 0.6 is 0 Å². The normalized spacial score (nSPS) is 11.3. The summed E-state index contributed by atoms with van der Waals surface area (Å²) in [5.41, 5.74) is 1.92. The molecule has 0 aliphatic carbocycles. The standard InChI is InChI=1S/C25H28N2O5S/c1-26(33(29,30)24-16-22(31-2)14-15-23(24)32-3)19-25(28)27(17-20-10-6-4-7-11-20)18-21-12-8-5-9-13-21/h4-16H,17-19H2,1-3H3. The van der Waals surface area contributed by atoms with Gasteiger partial charge in [-0.3, -0.25) is 4.79 Å². The van der Waals surface area contributed by atoms with E-state index in [0.717, 1.165) is 15.4 Å². The van der Waals surface area contributed by atoms with E-state index in [0.29, 0.717) is 18.8 Å². The lowest BCUT2D eigenvalue weighted by Gasteiger charge is -2.26. The van der Waals surface area contributed by atoms with E-state index in [1.54, 1.807) is 11.0 Å². The smallest absolute Gasteiger partial charge is 0.247 e. The Bertz CT molecular complexity index is 1130. The van der Waals surface area contributed by atoms with Gasteiger partial charge in [-0.1, -0.05) is 60.7 Å². The molecule has 1 amide bonds. The number of nitrogens with zero attached hydrogens (tertiary/aromatic N) is 2. The molecule has 0 aliphatic rings. The highest BCUT2D eigenvalue weighted by molar-refractivity contribution is 7.89. The molecule has 0 N–H and O–H groups in total. The SMILES string of the molecule is COc1ccc(OC)c(S(=O)(=O)N(C)CC(=O)N(Cc2ccccc2)Cc2ccccc2)c1. The first kappa shape index (κ1) is 24.3. The second kappa shape index (κ2) is 11.0. The predicted octanol–water partition coefficient (Wildman–Crippen LogP) is 3.55. The minimum absolute atomic E-state index is 0.0580. The third-order valence-corrected chi connectivity index (χ3v) is 7.03. The highest BCUT2D eigenvalue weighted by Gasteiger charge is 2.28. The Labute approximate surface area is 195 Å². The highest BCUT2D eigenvalue weighted by atomic mass is 32.2. The summed E-state index contributed by atoms with van der Waals surface area (Å²) >= 11 is 0. The van der Waals surface area contributed by atoms with Gasteiger partial charge in [-0.05, 0) is 23.3 Å². The molecule has 0 atom stereocenters. The largest absolute Gasteiger partial charge is 0.497 e. The van der Waals surface area contributed by atoms with Crippen molar-refractivity contribution in [2.45, 2.75) is 18.0 Å². The first-order chi connectivity index (χ1) is 15.8. The van der Waals surface area contributed by atoms with Crippen molar-refractivity contribution in [2.75, 3.05) is 27.8 Å². The third-order valence-electron chi connectivity index (χ3n) is 5.20. The van der Waals surface area contributed by atoms with Crippen LogP contribution in [0.25, 0.3) is 0 Å². The van der Waals surface area contributed by atoms with E-state index >= 15 is 0 Å². The second-order valence-electron chi connectivity index (χ2n) is 7.50. The van der Waals surface area contributed by atoms with E-state index in [-0.39, 0.29) is 23.1 Å². The number of amides is 1. The number of rotatable bonds is 10. The summed E-state index contributed by atoms with van der Waals surface area (Å²) in [6.07, 6.45) is 0. The van der Waals surface area contributed by atoms with Crippen LogP contribution in [-0.2, 0) is 27.9 Å². The molecule has 0 bridgehead atoms.